The zero-order valence-corrected chi connectivity index (χ0v) is 16.3. The summed E-state index contributed by atoms with van der Waals surface area (Å²) in [5.74, 6) is 0.108. The molecular weight excluding hydrogens is 350 g/mol. The summed E-state index contributed by atoms with van der Waals surface area (Å²) in [5.41, 5.74) is 4.19. The van der Waals surface area contributed by atoms with Crippen LogP contribution in [0.4, 0.5) is 0 Å². The molecule has 0 unspecified atom stereocenters. The van der Waals surface area contributed by atoms with Gasteiger partial charge < -0.3 is 9.80 Å². The Morgan fingerprint density at radius 3 is 2.75 bits per heavy atom. The van der Waals surface area contributed by atoms with Crippen LogP contribution in [0.5, 0.6) is 0 Å². The molecule has 0 N–H and O–H groups in total. The number of carbonyl (C=O) groups is 2. The molecule has 1 aromatic heterocycles. The van der Waals surface area contributed by atoms with Crippen molar-refractivity contribution >= 4 is 17.9 Å². The van der Waals surface area contributed by atoms with Gasteiger partial charge in [-0.15, -0.1) is 0 Å². The highest BCUT2D eigenvalue weighted by Crippen LogP contribution is 2.33. The van der Waals surface area contributed by atoms with Crippen molar-refractivity contribution in [1.82, 2.24) is 14.8 Å². The molecule has 144 valence electrons. The molecule has 1 aromatic carbocycles. The fourth-order valence-corrected chi connectivity index (χ4v) is 4.22. The lowest BCUT2D eigenvalue weighted by atomic mass is 10.1. The van der Waals surface area contributed by atoms with Gasteiger partial charge >= 0.3 is 0 Å². The monoisotopic (exact) mass is 375 g/mol. The van der Waals surface area contributed by atoms with Crippen LogP contribution in [-0.2, 0) is 16.1 Å². The number of benzene rings is 1. The van der Waals surface area contributed by atoms with Crippen LogP contribution in [0.15, 0.2) is 48.7 Å². The summed E-state index contributed by atoms with van der Waals surface area (Å²) < 4.78 is 0. The van der Waals surface area contributed by atoms with Crippen LogP contribution in [0, 0.1) is 13.8 Å². The minimum Gasteiger partial charge on any atom is -0.334 e. The van der Waals surface area contributed by atoms with E-state index in [1.807, 2.05) is 66.3 Å². The van der Waals surface area contributed by atoms with Crippen LogP contribution in [0.25, 0.3) is 6.08 Å². The first-order chi connectivity index (χ1) is 13.5. The molecule has 2 aromatic rings. The first-order valence-corrected chi connectivity index (χ1v) is 9.78. The van der Waals surface area contributed by atoms with Crippen molar-refractivity contribution in [3.8, 4) is 0 Å². The molecule has 5 heteroatoms. The third-order valence-electron chi connectivity index (χ3n) is 5.87. The molecule has 2 saturated heterocycles. The van der Waals surface area contributed by atoms with E-state index < -0.39 is 0 Å². The molecule has 0 aliphatic carbocycles. The first kappa shape index (κ1) is 18.4. The van der Waals surface area contributed by atoms with E-state index in [2.05, 4.69) is 11.1 Å². The maximum absolute atomic E-state index is 12.7. The zero-order chi connectivity index (χ0) is 19.7. The zero-order valence-electron chi connectivity index (χ0n) is 16.3. The Kier molecular flexibility index (Phi) is 4.99. The summed E-state index contributed by atoms with van der Waals surface area (Å²) in [4.78, 5) is 33.6. The molecule has 0 bridgehead atoms. The van der Waals surface area contributed by atoms with Gasteiger partial charge in [-0.25, -0.2) is 0 Å². The van der Waals surface area contributed by atoms with E-state index in [0.29, 0.717) is 19.5 Å². The van der Waals surface area contributed by atoms with Gasteiger partial charge in [-0.05, 0) is 43.0 Å². The van der Waals surface area contributed by atoms with Gasteiger partial charge in [0.15, 0.2) is 0 Å². The summed E-state index contributed by atoms with van der Waals surface area (Å²) in [7, 11) is 0. The van der Waals surface area contributed by atoms with Crippen LogP contribution in [0.1, 0.15) is 35.2 Å². The van der Waals surface area contributed by atoms with Crippen LogP contribution in [-0.4, -0.2) is 45.2 Å². The van der Waals surface area contributed by atoms with Gasteiger partial charge in [-0.1, -0.05) is 36.4 Å². The number of aromatic nitrogens is 1. The molecule has 5 nitrogen and oxygen atoms in total. The number of aryl methyl sites for hydroxylation is 2. The highest BCUT2D eigenvalue weighted by Gasteiger charge is 2.47. The molecule has 4 rings (SSSR count). The van der Waals surface area contributed by atoms with Gasteiger partial charge in [0.05, 0.1) is 12.1 Å². The van der Waals surface area contributed by atoms with Gasteiger partial charge in [0.1, 0.15) is 0 Å². The van der Waals surface area contributed by atoms with E-state index in [0.717, 1.165) is 28.8 Å². The van der Waals surface area contributed by atoms with Gasteiger partial charge in [0.25, 0.3) is 0 Å². The summed E-state index contributed by atoms with van der Waals surface area (Å²) in [6.45, 7) is 5.29. The summed E-state index contributed by atoms with van der Waals surface area (Å²) in [6, 6.07) is 12.0. The van der Waals surface area contributed by atoms with Crippen molar-refractivity contribution in [1.29, 1.82) is 0 Å². The van der Waals surface area contributed by atoms with E-state index in [4.69, 9.17) is 0 Å². The molecule has 2 amide bonds. The molecule has 28 heavy (non-hydrogen) atoms. The number of nitrogens with zero attached hydrogens (tertiary/aromatic N) is 3. The highest BCUT2D eigenvalue weighted by atomic mass is 16.2. The Labute approximate surface area is 165 Å². The molecule has 2 aliphatic heterocycles. The van der Waals surface area contributed by atoms with Crippen molar-refractivity contribution in [3.63, 3.8) is 0 Å². The largest absolute Gasteiger partial charge is 0.334 e. The average molecular weight is 375 g/mol. The van der Waals surface area contributed by atoms with Crippen LogP contribution in [0.3, 0.4) is 0 Å². The van der Waals surface area contributed by atoms with Crippen molar-refractivity contribution in [2.24, 2.45) is 0 Å². The van der Waals surface area contributed by atoms with Crippen molar-refractivity contribution in [2.45, 2.75) is 45.3 Å². The number of pyridine rings is 1. The predicted octanol–water partition coefficient (Wildman–Crippen LogP) is 3.11. The number of amides is 2. The van der Waals surface area contributed by atoms with Crippen molar-refractivity contribution < 1.29 is 9.59 Å². The van der Waals surface area contributed by atoms with Gasteiger partial charge in [0, 0.05) is 37.5 Å². The third kappa shape index (κ3) is 3.57. The number of fused-ring (bicyclic) bond motifs is 1. The number of hydrogen-bond acceptors (Lipinski definition) is 3. The molecule has 0 saturated carbocycles. The van der Waals surface area contributed by atoms with Crippen LogP contribution < -0.4 is 0 Å². The lowest BCUT2D eigenvalue weighted by Gasteiger charge is -2.25. The SMILES string of the molecule is Cc1cc(CN2C(=O)C[C@H]3[C@@H]2CCN3C(=O)C=Cc2ccccc2)cnc1C. The normalized spacial score (nSPS) is 21.6. The topological polar surface area (TPSA) is 53.5 Å². The Bertz CT molecular complexity index is 923. The number of carbonyl (C=O) groups excluding carboxylic acids is 2. The lowest BCUT2D eigenvalue weighted by Crippen LogP contribution is -2.39. The van der Waals surface area contributed by atoms with Gasteiger partial charge in [0.2, 0.25) is 11.8 Å². The Balaban J connectivity index is 1.45. The molecule has 0 spiro atoms. The summed E-state index contributed by atoms with van der Waals surface area (Å²) in [5, 5.41) is 0. The van der Waals surface area contributed by atoms with E-state index >= 15 is 0 Å². The van der Waals surface area contributed by atoms with Crippen LogP contribution >= 0.6 is 0 Å². The molecular formula is C23H25N3O2. The fourth-order valence-electron chi connectivity index (χ4n) is 4.22. The minimum absolute atomic E-state index is 0.0150. The van der Waals surface area contributed by atoms with E-state index in [9.17, 15) is 9.59 Å². The lowest BCUT2D eigenvalue weighted by molar-refractivity contribution is -0.129. The molecule has 2 aliphatic rings. The number of hydrogen-bond donors (Lipinski definition) is 0. The Hall–Kier alpha value is -2.95. The standard InChI is InChI=1S/C23H25N3O2/c1-16-12-19(14-24-17(16)2)15-26-20-10-11-25(21(20)13-23(26)28)22(27)9-8-18-6-4-3-5-7-18/h3-9,12,14,20-21H,10-11,13,15H2,1-2H3/t20-,21-/m0/s1. The van der Waals surface area contributed by atoms with Gasteiger partial charge in [-0.2, -0.15) is 0 Å². The molecule has 2 atom stereocenters. The second-order valence-corrected chi connectivity index (χ2v) is 7.67. The van der Waals surface area contributed by atoms with E-state index in [1.165, 1.54) is 0 Å². The smallest absolute Gasteiger partial charge is 0.246 e. The maximum atomic E-state index is 12.7. The van der Waals surface area contributed by atoms with Crippen LogP contribution in [0.2, 0.25) is 0 Å². The average Bonchev–Trinajstić information content (AvgIpc) is 3.23. The quantitative estimate of drug-likeness (QED) is 0.772. The molecule has 2 fully saturated rings. The fraction of sp³-hybridized carbons (Fsp3) is 0.348. The number of rotatable bonds is 4. The first-order valence-electron chi connectivity index (χ1n) is 9.78. The second kappa shape index (κ2) is 7.58. The molecule has 0 radical (unpaired) electrons. The van der Waals surface area contributed by atoms with Crippen molar-refractivity contribution in [2.75, 3.05) is 6.54 Å². The van der Waals surface area contributed by atoms with E-state index in [1.54, 1.807) is 6.08 Å². The summed E-state index contributed by atoms with van der Waals surface area (Å²) in [6.07, 6.45) is 6.56. The maximum Gasteiger partial charge on any atom is 0.246 e. The van der Waals surface area contributed by atoms with Gasteiger partial charge in [-0.3, -0.25) is 14.6 Å². The molecule has 3 heterocycles. The highest BCUT2D eigenvalue weighted by molar-refractivity contribution is 5.93. The summed E-state index contributed by atoms with van der Waals surface area (Å²) >= 11 is 0. The number of likely N-dealkylation sites (tertiary alicyclic amines) is 2. The second-order valence-electron chi connectivity index (χ2n) is 7.67. The Morgan fingerprint density at radius 2 is 2.00 bits per heavy atom. The van der Waals surface area contributed by atoms with Crippen molar-refractivity contribution in [3.05, 3.63) is 71.1 Å². The van der Waals surface area contributed by atoms with E-state index in [-0.39, 0.29) is 23.9 Å². The third-order valence-corrected chi connectivity index (χ3v) is 5.87. The predicted molar refractivity (Wildman–Crippen MR) is 108 cm³/mol. The minimum atomic E-state index is -0.0278. The Morgan fingerprint density at radius 1 is 1.21 bits per heavy atom.